The molecule has 0 saturated heterocycles. The summed E-state index contributed by atoms with van der Waals surface area (Å²) < 4.78 is 0. The van der Waals surface area contributed by atoms with Gasteiger partial charge in [0.05, 0.1) is 0 Å². The number of hydrogen-bond donors (Lipinski definition) is 1. The zero-order valence-corrected chi connectivity index (χ0v) is 5.70. The molecule has 1 aliphatic rings. The van der Waals surface area contributed by atoms with Crippen LogP contribution in [0.5, 0.6) is 0 Å². The van der Waals surface area contributed by atoms with Crippen LogP contribution in [0.15, 0.2) is 24.4 Å². The smallest absolute Gasteiger partial charge is 0.0450 e. The summed E-state index contributed by atoms with van der Waals surface area (Å²) in [5.41, 5.74) is 6.81. The van der Waals surface area contributed by atoms with Gasteiger partial charge in [0.1, 0.15) is 0 Å². The lowest BCUT2D eigenvalue weighted by atomic mass is 10.2. The second-order valence-corrected chi connectivity index (χ2v) is 2.76. The van der Waals surface area contributed by atoms with Gasteiger partial charge in [-0.25, -0.2) is 0 Å². The number of nitrogens with two attached hydrogens (primary N) is 1. The number of rotatable bonds is 1. The summed E-state index contributed by atoms with van der Waals surface area (Å²) in [5.74, 6) is 0.543. The summed E-state index contributed by atoms with van der Waals surface area (Å²) in [6, 6.07) is 6.34. The van der Waals surface area contributed by atoms with Gasteiger partial charge in [0.2, 0.25) is 0 Å². The number of aromatic nitrogens is 1. The van der Waals surface area contributed by atoms with E-state index in [1.54, 1.807) is 0 Å². The third kappa shape index (κ3) is 0.907. The van der Waals surface area contributed by atoms with Gasteiger partial charge in [-0.2, -0.15) is 0 Å². The Morgan fingerprint density at radius 2 is 2.30 bits per heavy atom. The second kappa shape index (κ2) is 2.06. The first-order valence-electron chi connectivity index (χ1n) is 3.54. The van der Waals surface area contributed by atoms with Gasteiger partial charge in [0.15, 0.2) is 0 Å². The molecule has 1 fully saturated rings. The van der Waals surface area contributed by atoms with E-state index >= 15 is 0 Å². The van der Waals surface area contributed by atoms with Crippen molar-refractivity contribution in [3.05, 3.63) is 30.1 Å². The Morgan fingerprint density at radius 3 is 2.80 bits per heavy atom. The van der Waals surface area contributed by atoms with Gasteiger partial charge in [-0.05, 0) is 18.6 Å². The van der Waals surface area contributed by atoms with Gasteiger partial charge in [0, 0.05) is 23.9 Å². The van der Waals surface area contributed by atoms with Crippen LogP contribution >= 0.6 is 0 Å². The number of pyridine rings is 1. The molecule has 1 aliphatic carbocycles. The molecule has 2 nitrogen and oxygen atoms in total. The van der Waals surface area contributed by atoms with Crippen LogP contribution in [0.4, 0.5) is 0 Å². The van der Waals surface area contributed by atoms with Gasteiger partial charge < -0.3 is 5.73 Å². The molecule has 1 saturated carbocycles. The van der Waals surface area contributed by atoms with Gasteiger partial charge in [0.25, 0.3) is 0 Å². The number of nitrogens with zero attached hydrogens (tertiary/aromatic N) is 1. The summed E-state index contributed by atoms with van der Waals surface area (Å²) in [5, 5.41) is 0. The molecular formula is C8H10N2. The minimum Gasteiger partial charge on any atom is -0.327 e. The molecule has 1 aromatic heterocycles. The molecule has 0 spiro atoms. The summed E-state index contributed by atoms with van der Waals surface area (Å²) in [6.45, 7) is 0. The van der Waals surface area contributed by atoms with E-state index in [1.165, 1.54) is 0 Å². The topological polar surface area (TPSA) is 38.9 Å². The van der Waals surface area contributed by atoms with E-state index in [1.807, 2.05) is 24.4 Å². The Hall–Kier alpha value is -0.890. The maximum Gasteiger partial charge on any atom is 0.0450 e. The minimum absolute atomic E-state index is 0.370. The molecule has 2 N–H and O–H groups in total. The Kier molecular flexibility index (Phi) is 1.21. The van der Waals surface area contributed by atoms with Gasteiger partial charge in [-0.3, -0.25) is 4.98 Å². The van der Waals surface area contributed by atoms with Crippen LogP contribution in [0.1, 0.15) is 18.0 Å². The quantitative estimate of drug-likeness (QED) is 0.619. The van der Waals surface area contributed by atoms with Crippen molar-refractivity contribution in [1.82, 2.24) is 4.98 Å². The van der Waals surface area contributed by atoms with E-state index in [2.05, 4.69) is 4.98 Å². The van der Waals surface area contributed by atoms with Crippen molar-refractivity contribution in [3.63, 3.8) is 0 Å². The average Bonchev–Trinajstić information content (AvgIpc) is 2.69. The van der Waals surface area contributed by atoms with Crippen molar-refractivity contribution >= 4 is 0 Å². The maximum atomic E-state index is 5.66. The SMILES string of the molecule is NC1CC1c1ccccn1. The zero-order valence-electron chi connectivity index (χ0n) is 5.70. The standard InChI is InChI=1S/C8H10N2/c9-7-5-6(7)8-3-1-2-4-10-8/h1-4,6-7H,5,9H2. The van der Waals surface area contributed by atoms with Crippen molar-refractivity contribution in [1.29, 1.82) is 0 Å². The molecule has 10 heavy (non-hydrogen) atoms. The van der Waals surface area contributed by atoms with Crippen LogP contribution in [-0.4, -0.2) is 11.0 Å². The Labute approximate surface area is 60.1 Å². The maximum absolute atomic E-state index is 5.66. The third-order valence-corrected chi connectivity index (χ3v) is 1.91. The van der Waals surface area contributed by atoms with E-state index in [9.17, 15) is 0 Å². The molecule has 0 aromatic carbocycles. The highest BCUT2D eigenvalue weighted by atomic mass is 14.8. The monoisotopic (exact) mass is 134 g/mol. The number of hydrogen-bond acceptors (Lipinski definition) is 2. The molecule has 2 heteroatoms. The fourth-order valence-electron chi connectivity index (χ4n) is 1.15. The fraction of sp³-hybridized carbons (Fsp3) is 0.375. The first-order valence-corrected chi connectivity index (χ1v) is 3.54. The van der Waals surface area contributed by atoms with Crippen molar-refractivity contribution in [3.8, 4) is 0 Å². The van der Waals surface area contributed by atoms with Gasteiger partial charge in [-0.1, -0.05) is 6.07 Å². The Balaban J connectivity index is 2.20. The van der Waals surface area contributed by atoms with E-state index in [0.717, 1.165) is 12.1 Å². The van der Waals surface area contributed by atoms with Gasteiger partial charge in [-0.15, -0.1) is 0 Å². The minimum atomic E-state index is 0.370. The molecule has 52 valence electrons. The van der Waals surface area contributed by atoms with Crippen LogP contribution in [0, 0.1) is 0 Å². The second-order valence-electron chi connectivity index (χ2n) is 2.76. The van der Waals surface area contributed by atoms with Crippen molar-refractivity contribution in [2.24, 2.45) is 5.73 Å². The van der Waals surface area contributed by atoms with E-state index < -0.39 is 0 Å². The molecule has 2 rings (SSSR count). The molecule has 0 amide bonds. The fourth-order valence-corrected chi connectivity index (χ4v) is 1.15. The largest absolute Gasteiger partial charge is 0.327 e. The van der Waals surface area contributed by atoms with Crippen LogP contribution in [0.2, 0.25) is 0 Å². The van der Waals surface area contributed by atoms with Gasteiger partial charge >= 0.3 is 0 Å². The lowest BCUT2D eigenvalue weighted by molar-refractivity contribution is 0.945. The van der Waals surface area contributed by atoms with Crippen molar-refractivity contribution in [2.75, 3.05) is 0 Å². The lowest BCUT2D eigenvalue weighted by Gasteiger charge is -1.93. The Morgan fingerprint density at radius 1 is 1.50 bits per heavy atom. The zero-order chi connectivity index (χ0) is 6.97. The molecule has 0 aliphatic heterocycles. The van der Waals surface area contributed by atoms with Crippen LogP contribution in [-0.2, 0) is 0 Å². The first-order chi connectivity index (χ1) is 4.88. The highest BCUT2D eigenvalue weighted by molar-refractivity contribution is 5.19. The molecule has 0 radical (unpaired) electrons. The van der Waals surface area contributed by atoms with Crippen LogP contribution in [0.25, 0.3) is 0 Å². The molecule has 1 heterocycles. The normalized spacial score (nSPS) is 30.1. The molecule has 2 unspecified atom stereocenters. The van der Waals surface area contributed by atoms with E-state index in [0.29, 0.717) is 12.0 Å². The molecule has 1 aromatic rings. The predicted octanol–water partition coefficient (Wildman–Crippen LogP) is 0.896. The summed E-state index contributed by atoms with van der Waals surface area (Å²) >= 11 is 0. The highest BCUT2D eigenvalue weighted by Gasteiger charge is 2.35. The molecule has 0 bridgehead atoms. The van der Waals surface area contributed by atoms with Crippen molar-refractivity contribution < 1.29 is 0 Å². The third-order valence-electron chi connectivity index (χ3n) is 1.91. The lowest BCUT2D eigenvalue weighted by Crippen LogP contribution is -2.01. The van der Waals surface area contributed by atoms with Crippen LogP contribution in [0.3, 0.4) is 0 Å². The van der Waals surface area contributed by atoms with E-state index in [4.69, 9.17) is 5.73 Å². The summed E-state index contributed by atoms with van der Waals surface area (Å²) in [7, 11) is 0. The van der Waals surface area contributed by atoms with Crippen molar-refractivity contribution in [2.45, 2.75) is 18.4 Å². The molecular weight excluding hydrogens is 124 g/mol. The first kappa shape index (κ1) is 5.86. The summed E-state index contributed by atoms with van der Waals surface area (Å²) in [4.78, 5) is 4.21. The predicted molar refractivity (Wildman–Crippen MR) is 39.6 cm³/mol. The average molecular weight is 134 g/mol. The highest BCUT2D eigenvalue weighted by Crippen LogP contribution is 2.37. The Bertz CT molecular complexity index is 220. The van der Waals surface area contributed by atoms with E-state index in [-0.39, 0.29) is 0 Å². The summed E-state index contributed by atoms with van der Waals surface area (Å²) in [6.07, 6.45) is 2.93. The molecule has 2 atom stereocenters. The van der Waals surface area contributed by atoms with Crippen LogP contribution < -0.4 is 5.73 Å².